The Labute approximate surface area is 139 Å². The van der Waals surface area contributed by atoms with Gasteiger partial charge in [-0.2, -0.15) is 0 Å². The summed E-state index contributed by atoms with van der Waals surface area (Å²) < 4.78 is 7.40. The fraction of sp³-hybridized carbons (Fsp3) is 0.765. The van der Waals surface area contributed by atoms with Gasteiger partial charge in [0.2, 0.25) is 0 Å². The van der Waals surface area contributed by atoms with Crippen LogP contribution in [0.25, 0.3) is 0 Å². The number of nitrogens with one attached hydrogen (secondary N) is 1. The van der Waals surface area contributed by atoms with Crippen molar-refractivity contribution in [3.63, 3.8) is 0 Å². The molecule has 0 aliphatic carbocycles. The average molecular weight is 322 g/mol. The Morgan fingerprint density at radius 2 is 2.09 bits per heavy atom. The summed E-state index contributed by atoms with van der Waals surface area (Å²) in [5, 5.41) is 2.98. The van der Waals surface area contributed by atoms with E-state index in [-0.39, 0.29) is 12.1 Å². The maximum atomic E-state index is 11.9. The fourth-order valence-electron chi connectivity index (χ4n) is 2.97. The summed E-state index contributed by atoms with van der Waals surface area (Å²) in [5.41, 5.74) is -0.449. The Morgan fingerprint density at radius 1 is 1.43 bits per heavy atom. The van der Waals surface area contributed by atoms with Crippen LogP contribution < -0.4 is 5.32 Å². The highest BCUT2D eigenvalue weighted by atomic mass is 16.6. The van der Waals surface area contributed by atoms with E-state index in [4.69, 9.17) is 4.74 Å². The van der Waals surface area contributed by atoms with E-state index in [1.807, 2.05) is 40.2 Å². The summed E-state index contributed by atoms with van der Waals surface area (Å²) in [6.45, 7) is 10.7. The molecule has 130 valence electrons. The Kier molecular flexibility index (Phi) is 5.68. The molecule has 0 bridgehead atoms. The number of likely N-dealkylation sites (tertiary alicyclic amines) is 1. The quantitative estimate of drug-likeness (QED) is 0.925. The molecule has 2 heterocycles. The number of imidazole rings is 1. The highest BCUT2D eigenvalue weighted by Crippen LogP contribution is 2.22. The summed E-state index contributed by atoms with van der Waals surface area (Å²) in [7, 11) is 2.03. The van der Waals surface area contributed by atoms with Gasteiger partial charge in [0.1, 0.15) is 11.4 Å². The summed E-state index contributed by atoms with van der Waals surface area (Å²) in [4.78, 5) is 18.7. The molecule has 0 spiro atoms. The van der Waals surface area contributed by atoms with Crippen LogP contribution in [0.3, 0.4) is 0 Å². The van der Waals surface area contributed by atoms with Crippen LogP contribution in [0.4, 0.5) is 4.79 Å². The van der Waals surface area contributed by atoms with Crippen LogP contribution in [0.5, 0.6) is 0 Å². The molecule has 0 saturated carbocycles. The molecule has 2 rings (SSSR count). The predicted octanol–water partition coefficient (Wildman–Crippen LogP) is 2.55. The smallest absolute Gasteiger partial charge is 0.407 e. The second-order valence-electron chi connectivity index (χ2n) is 7.50. The summed E-state index contributed by atoms with van der Waals surface area (Å²) in [6, 6.07) is 0.139. The third-order valence-electron chi connectivity index (χ3n) is 4.37. The molecular weight excluding hydrogens is 292 g/mol. The van der Waals surface area contributed by atoms with Gasteiger partial charge in [0, 0.05) is 25.5 Å². The molecule has 1 amide bonds. The van der Waals surface area contributed by atoms with E-state index in [1.165, 1.54) is 0 Å². The normalized spacial score (nSPS) is 18.7. The SMILES string of the molecule is C[C@H](NC(=O)OC(C)(C)C)C1CCN(Cc2nccn2C)CC1. The van der Waals surface area contributed by atoms with Crippen molar-refractivity contribution < 1.29 is 9.53 Å². The van der Waals surface area contributed by atoms with Gasteiger partial charge < -0.3 is 14.6 Å². The molecule has 1 atom stereocenters. The average Bonchev–Trinajstić information content (AvgIpc) is 2.83. The van der Waals surface area contributed by atoms with Crippen LogP contribution in [-0.2, 0) is 18.3 Å². The molecule has 1 aliphatic heterocycles. The van der Waals surface area contributed by atoms with Crippen molar-refractivity contribution in [2.45, 2.75) is 58.7 Å². The number of ether oxygens (including phenoxy) is 1. The molecule has 0 radical (unpaired) electrons. The minimum absolute atomic E-state index is 0.139. The number of piperidine rings is 1. The maximum Gasteiger partial charge on any atom is 0.407 e. The topological polar surface area (TPSA) is 59.4 Å². The first kappa shape index (κ1) is 17.8. The monoisotopic (exact) mass is 322 g/mol. The van der Waals surface area contributed by atoms with E-state index in [9.17, 15) is 4.79 Å². The number of hydrogen-bond acceptors (Lipinski definition) is 4. The minimum Gasteiger partial charge on any atom is -0.444 e. The lowest BCUT2D eigenvalue weighted by Crippen LogP contribution is -2.45. The van der Waals surface area contributed by atoms with Gasteiger partial charge in [-0.15, -0.1) is 0 Å². The van der Waals surface area contributed by atoms with Crippen molar-refractivity contribution in [2.75, 3.05) is 13.1 Å². The molecule has 0 unspecified atom stereocenters. The van der Waals surface area contributed by atoms with Gasteiger partial charge in [0.15, 0.2) is 0 Å². The number of carbonyl (C=O) groups excluding carboxylic acids is 1. The Hall–Kier alpha value is -1.56. The van der Waals surface area contributed by atoms with E-state index < -0.39 is 5.60 Å². The number of amides is 1. The third-order valence-corrected chi connectivity index (χ3v) is 4.37. The zero-order valence-electron chi connectivity index (χ0n) is 15.0. The molecule has 1 aromatic rings. The van der Waals surface area contributed by atoms with Crippen LogP contribution in [0.15, 0.2) is 12.4 Å². The number of nitrogens with zero attached hydrogens (tertiary/aromatic N) is 3. The zero-order chi connectivity index (χ0) is 17.0. The molecule has 1 saturated heterocycles. The Balaban J connectivity index is 1.75. The van der Waals surface area contributed by atoms with E-state index in [1.54, 1.807) is 0 Å². The van der Waals surface area contributed by atoms with Gasteiger partial charge in [-0.25, -0.2) is 9.78 Å². The minimum atomic E-state index is -0.449. The second kappa shape index (κ2) is 7.34. The summed E-state index contributed by atoms with van der Waals surface area (Å²) >= 11 is 0. The molecule has 23 heavy (non-hydrogen) atoms. The Morgan fingerprint density at radius 3 is 2.61 bits per heavy atom. The number of aromatic nitrogens is 2. The molecule has 1 aromatic heterocycles. The van der Waals surface area contributed by atoms with Crippen LogP contribution in [-0.4, -0.2) is 45.3 Å². The molecule has 6 heteroatoms. The lowest BCUT2D eigenvalue weighted by Gasteiger charge is -2.35. The van der Waals surface area contributed by atoms with Crippen LogP contribution >= 0.6 is 0 Å². The number of alkyl carbamates (subject to hydrolysis) is 1. The molecule has 0 aromatic carbocycles. The maximum absolute atomic E-state index is 11.9. The number of rotatable bonds is 4. The molecule has 6 nitrogen and oxygen atoms in total. The fourth-order valence-corrected chi connectivity index (χ4v) is 2.97. The highest BCUT2D eigenvalue weighted by molar-refractivity contribution is 5.68. The first-order valence-corrected chi connectivity index (χ1v) is 8.42. The lowest BCUT2D eigenvalue weighted by molar-refractivity contribution is 0.0472. The predicted molar refractivity (Wildman–Crippen MR) is 90.0 cm³/mol. The van der Waals surface area contributed by atoms with Gasteiger partial charge in [-0.3, -0.25) is 4.90 Å². The lowest BCUT2D eigenvalue weighted by atomic mass is 9.90. The van der Waals surface area contributed by atoms with E-state index in [2.05, 4.69) is 26.7 Å². The van der Waals surface area contributed by atoms with Crippen LogP contribution in [0, 0.1) is 5.92 Å². The standard InChI is InChI=1S/C17H30N4O2/c1-13(19-16(22)23-17(2,3)4)14-6-9-21(10-7-14)12-15-18-8-11-20(15)5/h8,11,13-14H,6-7,9-10,12H2,1-5H3,(H,19,22)/t13-/m0/s1. The van der Waals surface area contributed by atoms with Gasteiger partial charge in [0.25, 0.3) is 0 Å². The largest absolute Gasteiger partial charge is 0.444 e. The van der Waals surface area contributed by atoms with Crippen molar-refractivity contribution in [1.29, 1.82) is 0 Å². The number of carbonyl (C=O) groups is 1. The van der Waals surface area contributed by atoms with Crippen LogP contribution in [0.2, 0.25) is 0 Å². The number of aryl methyl sites for hydroxylation is 1. The Bertz CT molecular complexity index is 513. The first-order valence-electron chi connectivity index (χ1n) is 8.42. The van der Waals surface area contributed by atoms with Gasteiger partial charge in [-0.1, -0.05) is 0 Å². The van der Waals surface area contributed by atoms with Crippen LogP contribution in [0.1, 0.15) is 46.4 Å². The van der Waals surface area contributed by atoms with Crippen molar-refractivity contribution in [2.24, 2.45) is 13.0 Å². The van der Waals surface area contributed by atoms with Gasteiger partial charge in [0.05, 0.1) is 6.54 Å². The van der Waals surface area contributed by atoms with Crippen molar-refractivity contribution in [3.8, 4) is 0 Å². The van der Waals surface area contributed by atoms with Crippen molar-refractivity contribution in [1.82, 2.24) is 19.8 Å². The molecular formula is C17H30N4O2. The van der Waals surface area contributed by atoms with Crippen molar-refractivity contribution >= 4 is 6.09 Å². The third kappa shape index (κ3) is 5.53. The van der Waals surface area contributed by atoms with E-state index >= 15 is 0 Å². The van der Waals surface area contributed by atoms with Crippen molar-refractivity contribution in [3.05, 3.63) is 18.2 Å². The van der Waals surface area contributed by atoms with Gasteiger partial charge >= 0.3 is 6.09 Å². The first-order chi connectivity index (χ1) is 10.7. The van der Waals surface area contributed by atoms with Gasteiger partial charge in [-0.05, 0) is 59.5 Å². The molecule has 1 N–H and O–H groups in total. The summed E-state index contributed by atoms with van der Waals surface area (Å²) in [5.74, 6) is 1.60. The van der Waals surface area contributed by atoms with E-state index in [0.29, 0.717) is 5.92 Å². The molecule has 1 fully saturated rings. The highest BCUT2D eigenvalue weighted by Gasteiger charge is 2.26. The zero-order valence-corrected chi connectivity index (χ0v) is 15.0. The van der Waals surface area contributed by atoms with E-state index in [0.717, 1.165) is 38.3 Å². The molecule has 1 aliphatic rings. The second-order valence-corrected chi connectivity index (χ2v) is 7.50. The number of hydrogen-bond donors (Lipinski definition) is 1. The summed E-state index contributed by atoms with van der Waals surface area (Å²) in [6.07, 6.45) is 5.67.